The lowest BCUT2D eigenvalue weighted by Gasteiger charge is -2.02. The first-order valence-corrected chi connectivity index (χ1v) is 4.21. The standard InChI is InChI=1S/C10H10F2N2O/c1-14(2)13-6-10(15)8-4-3-7(11)5-9(8)12/h3-6H,1-2H3/b13-6+. The van der Waals surface area contributed by atoms with Crippen molar-refractivity contribution >= 4 is 12.0 Å². The van der Waals surface area contributed by atoms with Crippen molar-refractivity contribution in [3.05, 3.63) is 35.4 Å². The Morgan fingerprint density at radius 2 is 2.07 bits per heavy atom. The van der Waals surface area contributed by atoms with Gasteiger partial charge in [0, 0.05) is 20.2 Å². The van der Waals surface area contributed by atoms with Crippen molar-refractivity contribution in [3.63, 3.8) is 0 Å². The van der Waals surface area contributed by atoms with E-state index >= 15 is 0 Å². The minimum absolute atomic E-state index is 0.193. The van der Waals surface area contributed by atoms with Crippen molar-refractivity contribution in [1.29, 1.82) is 0 Å². The third-order valence-electron chi connectivity index (χ3n) is 1.60. The largest absolute Gasteiger partial charge is 0.303 e. The molecule has 0 saturated heterocycles. The fraction of sp³-hybridized carbons (Fsp3) is 0.200. The summed E-state index contributed by atoms with van der Waals surface area (Å²) in [6.45, 7) is 0. The molecule has 0 saturated carbocycles. The quantitative estimate of drug-likeness (QED) is 0.434. The van der Waals surface area contributed by atoms with E-state index in [2.05, 4.69) is 5.10 Å². The van der Waals surface area contributed by atoms with Crippen molar-refractivity contribution in [2.75, 3.05) is 14.1 Å². The number of Topliss-reactive ketones (excluding diaryl/α,β-unsaturated/α-hetero) is 1. The van der Waals surface area contributed by atoms with E-state index in [1.165, 1.54) is 5.01 Å². The number of carbonyl (C=O) groups is 1. The Balaban J connectivity index is 2.92. The highest BCUT2D eigenvalue weighted by Gasteiger charge is 2.10. The van der Waals surface area contributed by atoms with Gasteiger partial charge in [0.2, 0.25) is 5.78 Å². The smallest absolute Gasteiger partial charge is 0.208 e. The average molecular weight is 212 g/mol. The minimum atomic E-state index is -0.884. The molecule has 0 unspecified atom stereocenters. The van der Waals surface area contributed by atoms with Crippen LogP contribution in [-0.2, 0) is 0 Å². The summed E-state index contributed by atoms with van der Waals surface area (Å²) >= 11 is 0. The Labute approximate surface area is 86.0 Å². The van der Waals surface area contributed by atoms with Gasteiger partial charge in [-0.3, -0.25) is 4.79 Å². The lowest BCUT2D eigenvalue weighted by molar-refractivity contribution is 0.106. The third-order valence-corrected chi connectivity index (χ3v) is 1.60. The van der Waals surface area contributed by atoms with Crippen LogP contribution in [0.3, 0.4) is 0 Å². The van der Waals surface area contributed by atoms with E-state index in [9.17, 15) is 13.6 Å². The van der Waals surface area contributed by atoms with Gasteiger partial charge in [-0.2, -0.15) is 5.10 Å². The second-order valence-corrected chi connectivity index (χ2v) is 3.08. The fourth-order valence-electron chi connectivity index (χ4n) is 0.927. The van der Waals surface area contributed by atoms with E-state index in [1.807, 2.05) is 0 Å². The van der Waals surface area contributed by atoms with Gasteiger partial charge in [-0.25, -0.2) is 8.78 Å². The van der Waals surface area contributed by atoms with Gasteiger partial charge in [0.1, 0.15) is 11.6 Å². The topological polar surface area (TPSA) is 32.7 Å². The summed E-state index contributed by atoms with van der Waals surface area (Å²) in [6.07, 6.45) is 0.982. The van der Waals surface area contributed by atoms with E-state index in [4.69, 9.17) is 0 Å². The number of nitrogens with zero attached hydrogens (tertiary/aromatic N) is 2. The predicted octanol–water partition coefficient (Wildman–Crippen LogP) is 1.69. The van der Waals surface area contributed by atoms with Crippen LogP contribution in [0.15, 0.2) is 23.3 Å². The number of hydrogen-bond donors (Lipinski definition) is 0. The van der Waals surface area contributed by atoms with E-state index in [-0.39, 0.29) is 5.56 Å². The second kappa shape index (κ2) is 4.63. The maximum absolute atomic E-state index is 13.1. The maximum Gasteiger partial charge on any atom is 0.208 e. The third kappa shape index (κ3) is 3.12. The minimum Gasteiger partial charge on any atom is -0.303 e. The highest BCUT2D eigenvalue weighted by atomic mass is 19.1. The van der Waals surface area contributed by atoms with E-state index in [0.29, 0.717) is 6.07 Å². The Morgan fingerprint density at radius 1 is 1.40 bits per heavy atom. The van der Waals surface area contributed by atoms with Gasteiger partial charge in [0.05, 0.1) is 11.8 Å². The highest BCUT2D eigenvalue weighted by molar-refractivity contribution is 6.35. The summed E-state index contributed by atoms with van der Waals surface area (Å²) in [4.78, 5) is 11.3. The molecule has 0 radical (unpaired) electrons. The van der Waals surface area contributed by atoms with Crippen LogP contribution in [0.2, 0.25) is 0 Å². The molecule has 15 heavy (non-hydrogen) atoms. The predicted molar refractivity (Wildman–Crippen MR) is 52.9 cm³/mol. The van der Waals surface area contributed by atoms with Crippen LogP contribution in [0.25, 0.3) is 0 Å². The molecular formula is C10H10F2N2O. The van der Waals surface area contributed by atoms with Crippen LogP contribution in [-0.4, -0.2) is 31.1 Å². The summed E-state index contributed by atoms with van der Waals surface area (Å²) in [5, 5.41) is 5.06. The van der Waals surface area contributed by atoms with E-state index < -0.39 is 17.4 Å². The van der Waals surface area contributed by atoms with Gasteiger partial charge in [0.25, 0.3) is 0 Å². The van der Waals surface area contributed by atoms with Crippen molar-refractivity contribution < 1.29 is 13.6 Å². The number of rotatable bonds is 3. The number of hydrogen-bond acceptors (Lipinski definition) is 3. The Kier molecular flexibility index (Phi) is 3.49. The fourth-order valence-corrected chi connectivity index (χ4v) is 0.927. The zero-order valence-electron chi connectivity index (χ0n) is 8.37. The summed E-state index contributed by atoms with van der Waals surface area (Å²) in [7, 11) is 3.26. The molecule has 1 aromatic rings. The molecule has 1 aromatic carbocycles. The first-order chi connectivity index (χ1) is 7.00. The summed E-state index contributed by atoms with van der Waals surface area (Å²) in [5.74, 6) is -2.19. The molecule has 0 aliphatic heterocycles. The van der Waals surface area contributed by atoms with Gasteiger partial charge < -0.3 is 5.01 Å². The first kappa shape index (κ1) is 11.3. The van der Waals surface area contributed by atoms with Crippen LogP contribution in [0.5, 0.6) is 0 Å². The molecule has 0 atom stereocenters. The summed E-state index contributed by atoms with van der Waals surface area (Å²) in [5.41, 5.74) is -0.193. The second-order valence-electron chi connectivity index (χ2n) is 3.08. The Hall–Kier alpha value is -1.78. The molecule has 0 aliphatic carbocycles. The van der Waals surface area contributed by atoms with Gasteiger partial charge >= 0.3 is 0 Å². The van der Waals surface area contributed by atoms with Crippen molar-refractivity contribution in [2.45, 2.75) is 0 Å². The van der Waals surface area contributed by atoms with Crippen LogP contribution in [0.4, 0.5) is 8.78 Å². The molecule has 80 valence electrons. The van der Waals surface area contributed by atoms with Crippen LogP contribution < -0.4 is 0 Å². The molecule has 1 rings (SSSR count). The molecule has 0 aromatic heterocycles. The van der Waals surface area contributed by atoms with Gasteiger partial charge in [-0.05, 0) is 12.1 Å². The lowest BCUT2D eigenvalue weighted by atomic mass is 10.1. The number of halogens is 2. The number of ketones is 1. The molecule has 0 spiro atoms. The molecule has 0 N–H and O–H groups in total. The monoisotopic (exact) mass is 212 g/mol. The molecule has 0 bridgehead atoms. The molecule has 5 heteroatoms. The Morgan fingerprint density at radius 3 is 2.60 bits per heavy atom. The SMILES string of the molecule is CN(C)/N=C/C(=O)c1ccc(F)cc1F. The molecule has 3 nitrogen and oxygen atoms in total. The molecular weight excluding hydrogens is 202 g/mol. The molecule has 0 aliphatic rings. The van der Waals surface area contributed by atoms with Crippen LogP contribution in [0.1, 0.15) is 10.4 Å². The van der Waals surface area contributed by atoms with Gasteiger partial charge in [-0.1, -0.05) is 0 Å². The zero-order chi connectivity index (χ0) is 11.4. The zero-order valence-corrected chi connectivity index (χ0v) is 8.37. The van der Waals surface area contributed by atoms with Gasteiger partial charge in [0.15, 0.2) is 0 Å². The van der Waals surface area contributed by atoms with Gasteiger partial charge in [-0.15, -0.1) is 0 Å². The summed E-state index contributed by atoms with van der Waals surface area (Å²) < 4.78 is 25.6. The normalized spacial score (nSPS) is 10.7. The van der Waals surface area contributed by atoms with Crippen molar-refractivity contribution in [1.82, 2.24) is 5.01 Å². The Bertz CT molecular complexity index is 402. The van der Waals surface area contributed by atoms with Crippen LogP contribution in [0, 0.1) is 11.6 Å². The number of carbonyl (C=O) groups excluding carboxylic acids is 1. The lowest BCUT2D eigenvalue weighted by Crippen LogP contribution is -2.09. The molecule has 0 amide bonds. The van der Waals surface area contributed by atoms with Crippen molar-refractivity contribution in [3.8, 4) is 0 Å². The van der Waals surface area contributed by atoms with Crippen LogP contribution >= 0.6 is 0 Å². The highest BCUT2D eigenvalue weighted by Crippen LogP contribution is 2.09. The number of benzene rings is 1. The molecule has 0 heterocycles. The van der Waals surface area contributed by atoms with E-state index in [1.54, 1.807) is 14.1 Å². The number of hydrazone groups is 1. The maximum atomic E-state index is 13.1. The average Bonchev–Trinajstić information content (AvgIpc) is 2.14. The van der Waals surface area contributed by atoms with Crippen molar-refractivity contribution in [2.24, 2.45) is 5.10 Å². The summed E-state index contributed by atoms with van der Waals surface area (Å²) in [6, 6.07) is 2.78. The molecule has 0 fully saturated rings. The van der Waals surface area contributed by atoms with E-state index in [0.717, 1.165) is 18.3 Å². The first-order valence-electron chi connectivity index (χ1n) is 4.21.